The minimum absolute atomic E-state index is 0.278. The standard InChI is InChI=1S/C15H17BrN4O/c1-4-18-13-8-17-7-12(19-13)15(21)20-14-10(3)5-9(2)6-11(14)16/h5-8H,4H2,1-3H3,(H,18,19)(H,20,21). The third-order valence-electron chi connectivity index (χ3n) is 2.90. The number of hydrogen-bond donors (Lipinski definition) is 2. The zero-order valence-electron chi connectivity index (χ0n) is 12.2. The predicted molar refractivity (Wildman–Crippen MR) is 87.8 cm³/mol. The number of hydrogen-bond acceptors (Lipinski definition) is 4. The van der Waals surface area contributed by atoms with Crippen LogP contribution < -0.4 is 10.6 Å². The molecule has 1 aromatic heterocycles. The molecular weight excluding hydrogens is 332 g/mol. The van der Waals surface area contributed by atoms with Gasteiger partial charge in [0.25, 0.3) is 5.91 Å². The zero-order valence-corrected chi connectivity index (χ0v) is 13.8. The van der Waals surface area contributed by atoms with Gasteiger partial charge in [-0.2, -0.15) is 0 Å². The van der Waals surface area contributed by atoms with Crippen molar-refractivity contribution in [3.8, 4) is 0 Å². The van der Waals surface area contributed by atoms with E-state index >= 15 is 0 Å². The number of carbonyl (C=O) groups excluding carboxylic acids is 1. The van der Waals surface area contributed by atoms with E-state index < -0.39 is 0 Å². The number of nitrogens with one attached hydrogen (secondary N) is 2. The molecule has 110 valence electrons. The van der Waals surface area contributed by atoms with E-state index in [-0.39, 0.29) is 11.6 Å². The lowest BCUT2D eigenvalue weighted by Crippen LogP contribution is -2.16. The topological polar surface area (TPSA) is 66.9 Å². The molecule has 0 aliphatic heterocycles. The Morgan fingerprint density at radius 3 is 2.71 bits per heavy atom. The quantitative estimate of drug-likeness (QED) is 0.886. The molecule has 1 aromatic carbocycles. The molecule has 0 aliphatic carbocycles. The Morgan fingerprint density at radius 2 is 2.05 bits per heavy atom. The molecule has 21 heavy (non-hydrogen) atoms. The molecule has 5 nitrogen and oxygen atoms in total. The number of aromatic nitrogens is 2. The molecule has 2 N–H and O–H groups in total. The lowest BCUT2D eigenvalue weighted by Gasteiger charge is -2.12. The Kier molecular flexibility index (Phi) is 4.90. The molecule has 0 unspecified atom stereocenters. The fourth-order valence-electron chi connectivity index (χ4n) is 1.99. The maximum absolute atomic E-state index is 12.3. The van der Waals surface area contributed by atoms with E-state index in [0.29, 0.717) is 5.82 Å². The number of benzene rings is 1. The number of halogens is 1. The van der Waals surface area contributed by atoms with Crippen LogP contribution >= 0.6 is 15.9 Å². The summed E-state index contributed by atoms with van der Waals surface area (Å²) in [4.78, 5) is 20.6. The minimum atomic E-state index is -0.282. The van der Waals surface area contributed by atoms with Gasteiger partial charge < -0.3 is 10.6 Å². The second-order valence-corrected chi connectivity index (χ2v) is 5.57. The number of amides is 1. The van der Waals surface area contributed by atoms with Gasteiger partial charge in [0, 0.05) is 11.0 Å². The molecule has 2 aromatic rings. The van der Waals surface area contributed by atoms with Crippen molar-refractivity contribution in [2.24, 2.45) is 0 Å². The minimum Gasteiger partial charge on any atom is -0.369 e. The Bertz CT molecular complexity index is 649. The van der Waals surface area contributed by atoms with Crippen molar-refractivity contribution in [3.05, 3.63) is 45.8 Å². The van der Waals surface area contributed by atoms with E-state index in [2.05, 4.69) is 36.5 Å². The maximum atomic E-state index is 12.3. The fraction of sp³-hybridized carbons (Fsp3) is 0.267. The summed E-state index contributed by atoms with van der Waals surface area (Å²) in [6, 6.07) is 3.98. The molecule has 0 fully saturated rings. The molecule has 0 spiro atoms. The zero-order chi connectivity index (χ0) is 15.4. The van der Waals surface area contributed by atoms with Crippen LogP contribution in [0.3, 0.4) is 0 Å². The summed E-state index contributed by atoms with van der Waals surface area (Å²) in [7, 11) is 0. The Morgan fingerprint density at radius 1 is 1.29 bits per heavy atom. The van der Waals surface area contributed by atoms with Gasteiger partial charge in [-0.05, 0) is 53.9 Å². The lowest BCUT2D eigenvalue weighted by molar-refractivity contribution is 0.102. The summed E-state index contributed by atoms with van der Waals surface area (Å²) in [5.74, 6) is 0.305. The lowest BCUT2D eigenvalue weighted by atomic mass is 10.1. The SMILES string of the molecule is CCNc1cncc(C(=O)Nc2c(C)cc(C)cc2Br)n1. The number of nitrogens with zero attached hydrogens (tertiary/aromatic N) is 2. The van der Waals surface area contributed by atoms with Crippen LogP contribution in [0.1, 0.15) is 28.5 Å². The molecule has 1 heterocycles. The van der Waals surface area contributed by atoms with E-state index in [1.807, 2.05) is 32.9 Å². The molecule has 0 aliphatic rings. The van der Waals surface area contributed by atoms with Gasteiger partial charge in [0.1, 0.15) is 11.5 Å². The molecule has 0 saturated heterocycles. The van der Waals surface area contributed by atoms with Gasteiger partial charge >= 0.3 is 0 Å². The van der Waals surface area contributed by atoms with E-state index in [1.54, 1.807) is 6.20 Å². The first kappa shape index (κ1) is 15.4. The Balaban J connectivity index is 2.24. The molecule has 2 rings (SSSR count). The monoisotopic (exact) mass is 348 g/mol. The summed E-state index contributed by atoms with van der Waals surface area (Å²) in [6.07, 6.45) is 3.04. The molecule has 1 amide bonds. The third kappa shape index (κ3) is 3.78. The van der Waals surface area contributed by atoms with Gasteiger partial charge in [-0.3, -0.25) is 9.78 Å². The third-order valence-corrected chi connectivity index (χ3v) is 3.52. The number of rotatable bonds is 4. The van der Waals surface area contributed by atoms with Crippen LogP contribution in [0.25, 0.3) is 0 Å². The van der Waals surface area contributed by atoms with Crippen molar-refractivity contribution in [3.63, 3.8) is 0 Å². The summed E-state index contributed by atoms with van der Waals surface area (Å²) in [5, 5.41) is 5.91. The van der Waals surface area contributed by atoms with Crippen LogP contribution in [-0.2, 0) is 0 Å². The average Bonchev–Trinajstić information content (AvgIpc) is 2.43. The van der Waals surface area contributed by atoms with Gasteiger partial charge in [0.15, 0.2) is 0 Å². The van der Waals surface area contributed by atoms with Crippen LogP contribution in [0, 0.1) is 13.8 Å². The van der Waals surface area contributed by atoms with Crippen LogP contribution in [0.15, 0.2) is 29.0 Å². The molecular formula is C15H17BrN4O. The highest BCUT2D eigenvalue weighted by molar-refractivity contribution is 9.10. The Labute approximate surface area is 132 Å². The van der Waals surface area contributed by atoms with Gasteiger partial charge in [0.2, 0.25) is 0 Å². The highest BCUT2D eigenvalue weighted by Gasteiger charge is 2.13. The fourth-order valence-corrected chi connectivity index (χ4v) is 2.77. The predicted octanol–water partition coefficient (Wildman–Crippen LogP) is 3.54. The van der Waals surface area contributed by atoms with Gasteiger partial charge in [0.05, 0.1) is 18.1 Å². The van der Waals surface area contributed by atoms with Crippen LogP contribution in [0.4, 0.5) is 11.5 Å². The average molecular weight is 349 g/mol. The number of anilines is 2. The van der Waals surface area contributed by atoms with Crippen LogP contribution in [0.2, 0.25) is 0 Å². The first-order valence-electron chi connectivity index (χ1n) is 6.65. The molecule has 0 saturated carbocycles. The summed E-state index contributed by atoms with van der Waals surface area (Å²) < 4.78 is 0.851. The number of carbonyl (C=O) groups is 1. The second kappa shape index (κ2) is 6.67. The van der Waals surface area contributed by atoms with Crippen molar-refractivity contribution < 1.29 is 4.79 Å². The van der Waals surface area contributed by atoms with Crippen molar-refractivity contribution >= 4 is 33.3 Å². The van der Waals surface area contributed by atoms with Gasteiger partial charge in [-0.15, -0.1) is 0 Å². The van der Waals surface area contributed by atoms with Crippen LogP contribution in [0.5, 0.6) is 0 Å². The first-order valence-corrected chi connectivity index (χ1v) is 7.44. The second-order valence-electron chi connectivity index (χ2n) is 4.71. The van der Waals surface area contributed by atoms with Crippen LogP contribution in [-0.4, -0.2) is 22.4 Å². The highest BCUT2D eigenvalue weighted by atomic mass is 79.9. The van der Waals surface area contributed by atoms with Crippen molar-refractivity contribution in [1.82, 2.24) is 9.97 Å². The van der Waals surface area contributed by atoms with Crippen molar-refractivity contribution in [2.45, 2.75) is 20.8 Å². The smallest absolute Gasteiger partial charge is 0.275 e. The maximum Gasteiger partial charge on any atom is 0.275 e. The van der Waals surface area contributed by atoms with Crippen molar-refractivity contribution in [2.75, 3.05) is 17.2 Å². The normalized spacial score (nSPS) is 10.3. The summed E-state index contributed by atoms with van der Waals surface area (Å²) >= 11 is 3.48. The van der Waals surface area contributed by atoms with E-state index in [1.165, 1.54) is 6.20 Å². The van der Waals surface area contributed by atoms with E-state index in [0.717, 1.165) is 27.8 Å². The first-order chi connectivity index (χ1) is 10.0. The summed E-state index contributed by atoms with van der Waals surface area (Å²) in [6.45, 7) is 6.65. The van der Waals surface area contributed by atoms with Crippen molar-refractivity contribution in [1.29, 1.82) is 0 Å². The van der Waals surface area contributed by atoms with E-state index in [9.17, 15) is 4.79 Å². The molecule has 6 heteroatoms. The number of aryl methyl sites for hydroxylation is 2. The molecule has 0 radical (unpaired) electrons. The molecule has 0 atom stereocenters. The van der Waals surface area contributed by atoms with Gasteiger partial charge in [-0.1, -0.05) is 6.07 Å². The highest BCUT2D eigenvalue weighted by Crippen LogP contribution is 2.28. The van der Waals surface area contributed by atoms with E-state index in [4.69, 9.17) is 0 Å². The molecule has 0 bridgehead atoms. The Hall–Kier alpha value is -1.95. The van der Waals surface area contributed by atoms with Gasteiger partial charge in [-0.25, -0.2) is 4.98 Å². The largest absolute Gasteiger partial charge is 0.369 e. The summed E-state index contributed by atoms with van der Waals surface area (Å²) in [5.41, 5.74) is 3.15.